The lowest BCUT2D eigenvalue weighted by Gasteiger charge is -2.03. The van der Waals surface area contributed by atoms with Gasteiger partial charge in [-0.25, -0.2) is 0 Å². The van der Waals surface area contributed by atoms with E-state index in [-0.39, 0.29) is 5.97 Å². The van der Waals surface area contributed by atoms with Crippen molar-refractivity contribution >= 4 is 5.97 Å². The van der Waals surface area contributed by atoms with E-state index in [1.807, 2.05) is 6.92 Å². The fourth-order valence-electron chi connectivity index (χ4n) is 2.63. The summed E-state index contributed by atoms with van der Waals surface area (Å²) in [6.45, 7) is 4.86. The summed E-state index contributed by atoms with van der Waals surface area (Å²) < 4.78 is 5.06. The second-order valence-corrected chi connectivity index (χ2v) is 6.55. The lowest BCUT2D eigenvalue weighted by molar-refractivity contribution is -0.143. The molecule has 0 radical (unpaired) electrons. The molecule has 2 nitrogen and oxygen atoms in total. The Bertz CT molecular complexity index is 271. The van der Waals surface area contributed by atoms with Gasteiger partial charge in [0.05, 0.1) is 6.61 Å². The number of hydrogen-bond acceptors (Lipinski definition) is 2. The standard InChI is InChI=1S/C21H40O2/c1-3-5-6-7-8-9-10-11-12-13-14-15-16-17-18-19-21(22)23-20-4-2/h11-12H,3-10,13-20H2,1-2H3/b12-11-. The fourth-order valence-corrected chi connectivity index (χ4v) is 2.63. The maximum Gasteiger partial charge on any atom is 0.305 e. The van der Waals surface area contributed by atoms with Crippen molar-refractivity contribution < 1.29 is 9.53 Å². The predicted octanol–water partition coefficient (Wildman–Crippen LogP) is 6.98. The molecule has 0 saturated carbocycles. The zero-order chi connectivity index (χ0) is 17.0. The average molecular weight is 325 g/mol. The van der Waals surface area contributed by atoms with Crippen LogP contribution in [0.3, 0.4) is 0 Å². The molecule has 0 amide bonds. The van der Waals surface area contributed by atoms with Crippen LogP contribution in [0.5, 0.6) is 0 Å². The number of rotatable bonds is 17. The van der Waals surface area contributed by atoms with E-state index in [2.05, 4.69) is 19.1 Å². The summed E-state index contributed by atoms with van der Waals surface area (Å²) in [7, 11) is 0. The maximum atomic E-state index is 11.3. The van der Waals surface area contributed by atoms with Crippen LogP contribution in [0.4, 0.5) is 0 Å². The number of hydrogen-bond donors (Lipinski definition) is 0. The second kappa shape index (κ2) is 19.3. The highest BCUT2D eigenvalue weighted by Gasteiger charge is 2.01. The smallest absolute Gasteiger partial charge is 0.305 e. The van der Waals surface area contributed by atoms with Gasteiger partial charge in [0.15, 0.2) is 0 Å². The Morgan fingerprint density at radius 3 is 1.78 bits per heavy atom. The van der Waals surface area contributed by atoms with E-state index >= 15 is 0 Å². The molecule has 0 aromatic carbocycles. The number of carbonyl (C=O) groups excluding carboxylic acids is 1. The van der Waals surface area contributed by atoms with E-state index in [4.69, 9.17) is 4.74 Å². The summed E-state index contributed by atoms with van der Waals surface area (Å²) in [4.78, 5) is 11.3. The SMILES string of the molecule is CCCCCCCC/C=C\CCCCCCCC(=O)OCCC. The zero-order valence-electron chi connectivity index (χ0n) is 15.8. The first-order valence-corrected chi connectivity index (χ1v) is 10.1. The molecule has 0 saturated heterocycles. The molecular formula is C21H40O2. The summed E-state index contributed by atoms with van der Waals surface area (Å²) in [5, 5.41) is 0. The quantitative estimate of drug-likeness (QED) is 0.164. The van der Waals surface area contributed by atoms with Crippen LogP contribution >= 0.6 is 0 Å². The molecule has 0 rings (SSSR count). The monoisotopic (exact) mass is 324 g/mol. The number of ether oxygens (including phenoxy) is 1. The Balaban J connectivity index is 3.14. The van der Waals surface area contributed by atoms with Crippen molar-refractivity contribution in [3.05, 3.63) is 12.2 Å². The molecule has 0 aliphatic heterocycles. The van der Waals surface area contributed by atoms with E-state index in [0.29, 0.717) is 13.0 Å². The van der Waals surface area contributed by atoms with Crippen LogP contribution in [0.2, 0.25) is 0 Å². The van der Waals surface area contributed by atoms with Gasteiger partial charge in [0.25, 0.3) is 0 Å². The highest BCUT2D eigenvalue weighted by atomic mass is 16.5. The van der Waals surface area contributed by atoms with Crippen molar-refractivity contribution in [2.24, 2.45) is 0 Å². The first-order chi connectivity index (χ1) is 11.3. The number of allylic oxidation sites excluding steroid dienone is 2. The molecule has 23 heavy (non-hydrogen) atoms. The van der Waals surface area contributed by atoms with Crippen molar-refractivity contribution in [2.45, 2.75) is 110 Å². The third kappa shape index (κ3) is 19.2. The Hall–Kier alpha value is -0.790. The molecule has 0 fully saturated rings. The van der Waals surface area contributed by atoms with Crippen LogP contribution in [0.15, 0.2) is 12.2 Å². The summed E-state index contributed by atoms with van der Waals surface area (Å²) in [5.74, 6) is -0.0236. The van der Waals surface area contributed by atoms with Gasteiger partial charge in [0.2, 0.25) is 0 Å². The normalized spacial score (nSPS) is 11.2. The van der Waals surface area contributed by atoms with Crippen molar-refractivity contribution in [2.75, 3.05) is 6.61 Å². The van der Waals surface area contributed by atoms with Gasteiger partial charge in [-0.05, 0) is 38.5 Å². The topological polar surface area (TPSA) is 26.3 Å². The Morgan fingerprint density at radius 2 is 1.22 bits per heavy atom. The van der Waals surface area contributed by atoms with E-state index in [1.54, 1.807) is 0 Å². The first kappa shape index (κ1) is 22.2. The van der Waals surface area contributed by atoms with E-state index in [9.17, 15) is 4.79 Å². The molecular weight excluding hydrogens is 284 g/mol. The van der Waals surface area contributed by atoms with Crippen LogP contribution in [-0.2, 0) is 9.53 Å². The minimum absolute atomic E-state index is 0.0236. The molecule has 0 aromatic heterocycles. The fraction of sp³-hybridized carbons (Fsp3) is 0.857. The molecule has 2 heteroatoms. The number of carbonyl (C=O) groups is 1. The van der Waals surface area contributed by atoms with Gasteiger partial charge < -0.3 is 4.74 Å². The van der Waals surface area contributed by atoms with Gasteiger partial charge in [0, 0.05) is 6.42 Å². The van der Waals surface area contributed by atoms with Crippen molar-refractivity contribution in [3.8, 4) is 0 Å². The van der Waals surface area contributed by atoms with Gasteiger partial charge in [-0.2, -0.15) is 0 Å². The Labute approximate surface area is 145 Å². The second-order valence-electron chi connectivity index (χ2n) is 6.55. The molecule has 0 heterocycles. The lowest BCUT2D eigenvalue weighted by atomic mass is 10.1. The van der Waals surface area contributed by atoms with Gasteiger partial charge in [-0.3, -0.25) is 4.79 Å². The Kier molecular flexibility index (Phi) is 18.6. The van der Waals surface area contributed by atoms with Crippen LogP contribution in [0.25, 0.3) is 0 Å². The molecule has 0 spiro atoms. The van der Waals surface area contributed by atoms with Crippen LogP contribution in [-0.4, -0.2) is 12.6 Å². The maximum absolute atomic E-state index is 11.3. The molecule has 0 N–H and O–H groups in total. The average Bonchev–Trinajstić information content (AvgIpc) is 2.56. The molecule has 0 unspecified atom stereocenters. The number of unbranched alkanes of at least 4 members (excludes halogenated alkanes) is 11. The molecule has 0 aromatic rings. The molecule has 0 aliphatic rings. The van der Waals surface area contributed by atoms with E-state index in [0.717, 1.165) is 19.3 Å². The summed E-state index contributed by atoms with van der Waals surface area (Å²) in [6, 6.07) is 0. The zero-order valence-corrected chi connectivity index (χ0v) is 15.8. The molecule has 136 valence electrons. The van der Waals surface area contributed by atoms with Gasteiger partial charge >= 0.3 is 5.97 Å². The predicted molar refractivity (Wildman–Crippen MR) is 101 cm³/mol. The molecule has 0 aliphatic carbocycles. The van der Waals surface area contributed by atoms with E-state index in [1.165, 1.54) is 70.6 Å². The highest BCUT2D eigenvalue weighted by Crippen LogP contribution is 2.10. The lowest BCUT2D eigenvalue weighted by Crippen LogP contribution is -2.04. The summed E-state index contributed by atoms with van der Waals surface area (Å²) in [6.07, 6.45) is 23.0. The molecule has 0 bridgehead atoms. The summed E-state index contributed by atoms with van der Waals surface area (Å²) in [5.41, 5.74) is 0. The first-order valence-electron chi connectivity index (χ1n) is 10.1. The number of esters is 1. The van der Waals surface area contributed by atoms with Gasteiger partial charge in [0.1, 0.15) is 0 Å². The van der Waals surface area contributed by atoms with Crippen molar-refractivity contribution in [3.63, 3.8) is 0 Å². The van der Waals surface area contributed by atoms with Crippen molar-refractivity contribution in [1.82, 2.24) is 0 Å². The van der Waals surface area contributed by atoms with Gasteiger partial charge in [-0.1, -0.05) is 77.4 Å². The van der Waals surface area contributed by atoms with Crippen LogP contribution in [0.1, 0.15) is 110 Å². The third-order valence-electron chi connectivity index (χ3n) is 4.11. The van der Waals surface area contributed by atoms with Crippen LogP contribution < -0.4 is 0 Å². The third-order valence-corrected chi connectivity index (χ3v) is 4.11. The van der Waals surface area contributed by atoms with Crippen molar-refractivity contribution in [1.29, 1.82) is 0 Å². The van der Waals surface area contributed by atoms with Crippen LogP contribution in [0, 0.1) is 0 Å². The van der Waals surface area contributed by atoms with E-state index < -0.39 is 0 Å². The Morgan fingerprint density at radius 1 is 0.696 bits per heavy atom. The molecule has 0 atom stereocenters. The summed E-state index contributed by atoms with van der Waals surface area (Å²) >= 11 is 0. The highest BCUT2D eigenvalue weighted by molar-refractivity contribution is 5.69. The van der Waals surface area contributed by atoms with Gasteiger partial charge in [-0.15, -0.1) is 0 Å². The largest absolute Gasteiger partial charge is 0.466 e. The minimum Gasteiger partial charge on any atom is -0.466 e. The minimum atomic E-state index is -0.0236.